The molecule has 1 saturated carbocycles. The summed E-state index contributed by atoms with van der Waals surface area (Å²) in [5.41, 5.74) is 1.94. The van der Waals surface area contributed by atoms with Gasteiger partial charge in [0.05, 0.1) is 13.5 Å². The summed E-state index contributed by atoms with van der Waals surface area (Å²) in [5.74, 6) is 0.651. The Labute approximate surface area is 179 Å². The normalized spacial score (nSPS) is 19.4. The molecule has 1 aliphatic rings. The van der Waals surface area contributed by atoms with E-state index < -0.39 is 0 Å². The van der Waals surface area contributed by atoms with Crippen LogP contribution in [0.1, 0.15) is 43.2 Å². The van der Waals surface area contributed by atoms with E-state index in [1.807, 2.05) is 29.2 Å². The van der Waals surface area contributed by atoms with Gasteiger partial charge in [-0.15, -0.1) is 0 Å². The van der Waals surface area contributed by atoms with Crippen LogP contribution in [0.5, 0.6) is 5.75 Å². The van der Waals surface area contributed by atoms with Crippen LogP contribution in [-0.4, -0.2) is 49.0 Å². The minimum atomic E-state index is -0.253. The summed E-state index contributed by atoms with van der Waals surface area (Å²) >= 11 is 0. The molecule has 0 bridgehead atoms. The topological polar surface area (TPSA) is 32.8 Å². The lowest BCUT2D eigenvalue weighted by atomic mass is 10.0. The minimum Gasteiger partial charge on any atom is -0.497 e. The molecule has 0 aromatic heterocycles. The molecule has 0 aliphatic heterocycles. The first-order valence-corrected chi connectivity index (χ1v) is 10.8. The molecule has 0 radical (unpaired) electrons. The fourth-order valence-corrected chi connectivity index (χ4v) is 4.29. The standard InChI is InChI=1S/C25H33FN2O2/c1-27(2)22-6-4-5-7-23(17-22)28(18-20-8-12-21(26)13-9-20)25(29)16-19-10-14-24(30-3)15-11-19/h8-15,22-23H,4-7,16-18H2,1-3H3/t22-,23?/m0/s1. The molecule has 0 spiro atoms. The zero-order chi connectivity index (χ0) is 21.5. The highest BCUT2D eigenvalue weighted by molar-refractivity contribution is 5.79. The van der Waals surface area contributed by atoms with Crippen LogP contribution < -0.4 is 4.74 Å². The number of hydrogen-bond acceptors (Lipinski definition) is 3. The maximum atomic E-state index is 13.4. The second kappa shape index (κ2) is 10.6. The van der Waals surface area contributed by atoms with Crippen molar-refractivity contribution in [1.82, 2.24) is 9.80 Å². The van der Waals surface area contributed by atoms with E-state index >= 15 is 0 Å². The van der Waals surface area contributed by atoms with Crippen molar-refractivity contribution in [1.29, 1.82) is 0 Å². The van der Waals surface area contributed by atoms with Crippen LogP contribution in [0, 0.1) is 5.82 Å². The molecule has 2 aromatic carbocycles. The number of carbonyl (C=O) groups is 1. The average molecular weight is 413 g/mol. The third-order valence-corrected chi connectivity index (χ3v) is 6.14. The molecule has 0 N–H and O–H groups in total. The number of halogens is 1. The molecule has 1 fully saturated rings. The summed E-state index contributed by atoms with van der Waals surface area (Å²) in [7, 11) is 5.88. The highest BCUT2D eigenvalue weighted by atomic mass is 19.1. The van der Waals surface area contributed by atoms with Gasteiger partial charge in [-0.2, -0.15) is 0 Å². The monoisotopic (exact) mass is 412 g/mol. The Morgan fingerprint density at radius 1 is 0.967 bits per heavy atom. The Bertz CT molecular complexity index is 805. The van der Waals surface area contributed by atoms with Crippen molar-refractivity contribution in [3.05, 3.63) is 65.5 Å². The largest absolute Gasteiger partial charge is 0.497 e. The van der Waals surface area contributed by atoms with E-state index in [-0.39, 0.29) is 17.8 Å². The summed E-state index contributed by atoms with van der Waals surface area (Å²) in [6.07, 6.45) is 5.83. The quantitative estimate of drug-likeness (QED) is 0.620. The Morgan fingerprint density at radius 3 is 2.17 bits per heavy atom. The first-order chi connectivity index (χ1) is 14.5. The van der Waals surface area contributed by atoms with Gasteiger partial charge in [0.15, 0.2) is 0 Å². The molecule has 30 heavy (non-hydrogen) atoms. The smallest absolute Gasteiger partial charge is 0.227 e. The van der Waals surface area contributed by atoms with Gasteiger partial charge in [-0.25, -0.2) is 4.39 Å². The fraction of sp³-hybridized carbons (Fsp3) is 0.480. The van der Waals surface area contributed by atoms with Crippen LogP contribution >= 0.6 is 0 Å². The maximum absolute atomic E-state index is 13.4. The summed E-state index contributed by atoms with van der Waals surface area (Å²) in [4.78, 5) is 17.7. The number of ether oxygens (including phenoxy) is 1. The van der Waals surface area contributed by atoms with E-state index in [0.717, 1.165) is 36.1 Å². The third kappa shape index (κ3) is 6.05. The zero-order valence-electron chi connectivity index (χ0n) is 18.3. The highest BCUT2D eigenvalue weighted by Crippen LogP contribution is 2.27. The molecule has 1 aliphatic carbocycles. The number of hydrogen-bond donors (Lipinski definition) is 0. The van der Waals surface area contributed by atoms with Gasteiger partial charge in [-0.05, 0) is 68.8 Å². The van der Waals surface area contributed by atoms with Gasteiger partial charge in [-0.1, -0.05) is 37.1 Å². The van der Waals surface area contributed by atoms with Crippen molar-refractivity contribution in [3.8, 4) is 5.75 Å². The molecule has 4 nitrogen and oxygen atoms in total. The molecular weight excluding hydrogens is 379 g/mol. The predicted octanol–water partition coefficient (Wildman–Crippen LogP) is 4.67. The maximum Gasteiger partial charge on any atom is 0.227 e. The molecule has 2 aromatic rings. The van der Waals surface area contributed by atoms with Crippen molar-refractivity contribution in [2.45, 2.75) is 57.2 Å². The van der Waals surface area contributed by atoms with E-state index in [4.69, 9.17) is 4.74 Å². The molecule has 162 valence electrons. The average Bonchev–Trinajstić information content (AvgIpc) is 3.00. The lowest BCUT2D eigenvalue weighted by Gasteiger charge is -2.35. The van der Waals surface area contributed by atoms with Gasteiger partial charge >= 0.3 is 0 Å². The second-order valence-electron chi connectivity index (χ2n) is 8.46. The van der Waals surface area contributed by atoms with Crippen LogP contribution in [0.25, 0.3) is 0 Å². The lowest BCUT2D eigenvalue weighted by Crippen LogP contribution is -2.43. The van der Waals surface area contributed by atoms with Crippen LogP contribution in [0.2, 0.25) is 0 Å². The summed E-state index contributed by atoms with van der Waals surface area (Å²) in [5, 5.41) is 0. The van der Waals surface area contributed by atoms with E-state index in [1.165, 1.54) is 25.0 Å². The second-order valence-corrected chi connectivity index (χ2v) is 8.46. The Hall–Kier alpha value is -2.40. The molecule has 0 heterocycles. The number of rotatable bonds is 7. The van der Waals surface area contributed by atoms with Crippen LogP contribution in [0.4, 0.5) is 4.39 Å². The molecule has 0 saturated heterocycles. The fourth-order valence-electron chi connectivity index (χ4n) is 4.29. The number of amides is 1. The minimum absolute atomic E-state index is 0.119. The van der Waals surface area contributed by atoms with Gasteiger partial charge in [0, 0.05) is 18.6 Å². The molecular formula is C25H33FN2O2. The lowest BCUT2D eigenvalue weighted by molar-refractivity contribution is -0.134. The number of benzene rings is 2. The van der Waals surface area contributed by atoms with Crippen molar-refractivity contribution < 1.29 is 13.9 Å². The molecule has 5 heteroatoms. The summed E-state index contributed by atoms with van der Waals surface area (Å²) in [6.45, 7) is 0.514. The number of carbonyl (C=O) groups excluding carboxylic acids is 1. The van der Waals surface area contributed by atoms with Crippen molar-refractivity contribution >= 4 is 5.91 Å². The Kier molecular flexibility index (Phi) is 7.86. The molecule has 1 amide bonds. The van der Waals surface area contributed by atoms with Gasteiger partial charge in [0.2, 0.25) is 5.91 Å². The molecule has 1 unspecified atom stereocenters. The van der Waals surface area contributed by atoms with Crippen LogP contribution in [0.15, 0.2) is 48.5 Å². The summed E-state index contributed by atoms with van der Waals surface area (Å²) < 4.78 is 18.6. The third-order valence-electron chi connectivity index (χ3n) is 6.14. The van der Waals surface area contributed by atoms with E-state index in [0.29, 0.717) is 19.0 Å². The summed E-state index contributed by atoms with van der Waals surface area (Å²) in [6, 6.07) is 14.8. The van der Waals surface area contributed by atoms with Crippen LogP contribution in [-0.2, 0) is 17.8 Å². The molecule has 3 rings (SSSR count). The van der Waals surface area contributed by atoms with Gasteiger partial charge in [0.25, 0.3) is 0 Å². The first-order valence-electron chi connectivity index (χ1n) is 10.8. The van der Waals surface area contributed by atoms with Gasteiger partial charge in [0.1, 0.15) is 11.6 Å². The van der Waals surface area contributed by atoms with E-state index in [1.54, 1.807) is 19.2 Å². The number of nitrogens with zero attached hydrogens (tertiary/aromatic N) is 2. The van der Waals surface area contributed by atoms with E-state index in [9.17, 15) is 9.18 Å². The first kappa shape index (κ1) is 22.3. The van der Waals surface area contributed by atoms with Crippen molar-refractivity contribution in [3.63, 3.8) is 0 Å². The van der Waals surface area contributed by atoms with Crippen molar-refractivity contribution in [2.24, 2.45) is 0 Å². The van der Waals surface area contributed by atoms with Crippen LogP contribution in [0.3, 0.4) is 0 Å². The Balaban J connectivity index is 1.81. The molecule has 2 atom stereocenters. The highest BCUT2D eigenvalue weighted by Gasteiger charge is 2.29. The van der Waals surface area contributed by atoms with E-state index in [2.05, 4.69) is 19.0 Å². The number of methoxy groups -OCH3 is 1. The zero-order valence-corrected chi connectivity index (χ0v) is 18.3. The van der Waals surface area contributed by atoms with Gasteiger partial charge in [-0.3, -0.25) is 4.79 Å². The van der Waals surface area contributed by atoms with Crippen molar-refractivity contribution in [2.75, 3.05) is 21.2 Å². The van der Waals surface area contributed by atoms with Gasteiger partial charge < -0.3 is 14.5 Å². The Morgan fingerprint density at radius 2 is 1.57 bits per heavy atom. The predicted molar refractivity (Wildman–Crippen MR) is 118 cm³/mol. The SMILES string of the molecule is COc1ccc(CC(=O)N(Cc2ccc(F)cc2)C2CCCC[C@H](N(C)C)C2)cc1.